The van der Waals surface area contributed by atoms with E-state index in [-0.39, 0.29) is 42.3 Å². The summed E-state index contributed by atoms with van der Waals surface area (Å²) in [6, 6.07) is 10.8. The van der Waals surface area contributed by atoms with Crippen LogP contribution in [-0.2, 0) is 16.0 Å². The SMILES string of the molecule is CCNC(=O)Nc1ncnc2c1ncn2C1CC(CNCc2occc2C(=O)O)C2O[C@H](/C=C/c3ccccc3)OC21. The molecule has 1 aromatic carbocycles. The number of carbonyl (C=O) groups excluding carboxylic acids is 1. The minimum absolute atomic E-state index is 0.0329. The third kappa shape index (κ3) is 5.62. The first-order valence-electron chi connectivity index (χ1n) is 13.8. The summed E-state index contributed by atoms with van der Waals surface area (Å²) < 4.78 is 20.2. The maximum Gasteiger partial charge on any atom is 0.339 e. The summed E-state index contributed by atoms with van der Waals surface area (Å²) in [6.45, 7) is 3.12. The fraction of sp³-hybridized carbons (Fsp3) is 0.345. The molecule has 2 aliphatic rings. The van der Waals surface area contributed by atoms with Crippen LogP contribution in [0.25, 0.3) is 17.2 Å². The molecule has 1 aliphatic heterocycles. The number of furan rings is 1. The number of hydrogen-bond donors (Lipinski definition) is 4. The number of urea groups is 1. The van der Waals surface area contributed by atoms with E-state index in [2.05, 4.69) is 30.9 Å². The van der Waals surface area contributed by atoms with Crippen molar-refractivity contribution in [2.45, 2.75) is 44.4 Å². The van der Waals surface area contributed by atoms with Gasteiger partial charge in [-0.15, -0.1) is 0 Å². The Kier molecular flexibility index (Phi) is 7.95. The van der Waals surface area contributed by atoms with Gasteiger partial charge in [0.15, 0.2) is 23.3 Å². The highest BCUT2D eigenvalue weighted by Crippen LogP contribution is 2.45. The summed E-state index contributed by atoms with van der Waals surface area (Å²) in [5, 5.41) is 18.2. The monoisotopic (exact) mass is 573 g/mol. The van der Waals surface area contributed by atoms with Gasteiger partial charge in [-0.25, -0.2) is 24.5 Å². The highest BCUT2D eigenvalue weighted by molar-refractivity contribution is 5.95. The van der Waals surface area contributed by atoms with Gasteiger partial charge >= 0.3 is 12.0 Å². The molecule has 5 atom stereocenters. The van der Waals surface area contributed by atoms with E-state index in [0.29, 0.717) is 42.3 Å². The van der Waals surface area contributed by atoms with Crippen molar-refractivity contribution >= 4 is 35.1 Å². The van der Waals surface area contributed by atoms with E-state index in [1.54, 1.807) is 6.33 Å². The number of aromatic nitrogens is 4. The number of carboxylic acids is 1. The number of anilines is 1. The van der Waals surface area contributed by atoms with E-state index < -0.39 is 12.3 Å². The zero-order chi connectivity index (χ0) is 29.1. The standard InChI is InChI=1S/C29H31N7O6/c1-2-31-29(39)35-26-23-27(33-15-32-26)36(16-34-23)20-12-18(13-30-14-21-19(28(37)38)10-11-40-21)24-25(20)42-22(41-24)9-8-17-6-4-3-5-7-17/h3-11,15-16,18,20,22,24-25,30H,2,12-14H2,1H3,(H,37,38)(H2,31,32,33,35,39)/b9-8+/t18?,20?,22-,24?,25?/m0/s1. The topological polar surface area (TPSA) is 166 Å². The van der Waals surface area contributed by atoms with Crippen molar-refractivity contribution in [3.63, 3.8) is 0 Å². The molecule has 1 saturated carbocycles. The van der Waals surface area contributed by atoms with Gasteiger partial charge in [0.1, 0.15) is 23.8 Å². The molecule has 2 fully saturated rings. The van der Waals surface area contributed by atoms with Crippen LogP contribution in [0, 0.1) is 5.92 Å². The summed E-state index contributed by atoms with van der Waals surface area (Å²) in [5.41, 5.74) is 2.22. The first-order chi connectivity index (χ1) is 20.5. The molecule has 4 heterocycles. The van der Waals surface area contributed by atoms with Crippen molar-refractivity contribution in [2.24, 2.45) is 5.92 Å². The third-order valence-corrected chi connectivity index (χ3v) is 7.49. The van der Waals surface area contributed by atoms with E-state index >= 15 is 0 Å². The van der Waals surface area contributed by atoms with Crippen LogP contribution in [0.5, 0.6) is 0 Å². The molecule has 4 aromatic rings. The molecule has 4 N–H and O–H groups in total. The molecule has 0 spiro atoms. The Morgan fingerprint density at radius 1 is 1.12 bits per heavy atom. The van der Waals surface area contributed by atoms with Crippen molar-refractivity contribution in [3.8, 4) is 0 Å². The van der Waals surface area contributed by atoms with Crippen LogP contribution in [0.4, 0.5) is 10.6 Å². The van der Waals surface area contributed by atoms with Crippen LogP contribution >= 0.6 is 0 Å². The van der Waals surface area contributed by atoms with Gasteiger partial charge in [0, 0.05) is 19.0 Å². The average Bonchev–Trinajstić information content (AvgIpc) is 3.77. The number of amides is 2. The quantitative estimate of drug-likeness (QED) is 0.221. The zero-order valence-electron chi connectivity index (χ0n) is 22.8. The molecule has 1 aliphatic carbocycles. The fourth-order valence-corrected chi connectivity index (χ4v) is 5.62. The molecule has 1 saturated heterocycles. The van der Waals surface area contributed by atoms with Crippen molar-refractivity contribution in [1.29, 1.82) is 0 Å². The second-order valence-electron chi connectivity index (χ2n) is 10.1. The molecule has 13 nitrogen and oxygen atoms in total. The van der Waals surface area contributed by atoms with E-state index in [1.807, 2.05) is 54.0 Å². The number of carboxylic acid groups (broad SMARTS) is 1. The normalized spacial score (nSPS) is 23.4. The lowest BCUT2D eigenvalue weighted by atomic mass is 10.1. The Bertz CT molecular complexity index is 1590. The summed E-state index contributed by atoms with van der Waals surface area (Å²) in [7, 11) is 0. The number of nitrogens with one attached hydrogen (secondary N) is 3. The summed E-state index contributed by atoms with van der Waals surface area (Å²) in [4.78, 5) is 36.9. The summed E-state index contributed by atoms with van der Waals surface area (Å²) >= 11 is 0. The smallest absolute Gasteiger partial charge is 0.339 e. The molecule has 13 heteroatoms. The lowest BCUT2D eigenvalue weighted by Gasteiger charge is -2.19. The van der Waals surface area contributed by atoms with E-state index in [1.165, 1.54) is 18.7 Å². The van der Waals surface area contributed by atoms with Gasteiger partial charge in [-0.1, -0.05) is 36.4 Å². The number of fused-ring (bicyclic) bond motifs is 2. The Morgan fingerprint density at radius 2 is 1.95 bits per heavy atom. The number of imidazole rings is 1. The molecule has 42 heavy (non-hydrogen) atoms. The van der Waals surface area contributed by atoms with Crippen LogP contribution in [-0.4, -0.2) is 68.2 Å². The summed E-state index contributed by atoms with van der Waals surface area (Å²) in [6.07, 6.45) is 7.94. The van der Waals surface area contributed by atoms with Crippen molar-refractivity contribution in [1.82, 2.24) is 30.2 Å². The Morgan fingerprint density at radius 3 is 2.76 bits per heavy atom. The number of benzene rings is 1. The van der Waals surface area contributed by atoms with Crippen molar-refractivity contribution < 1.29 is 28.6 Å². The lowest BCUT2D eigenvalue weighted by molar-refractivity contribution is -0.0499. The first kappa shape index (κ1) is 27.6. The van der Waals surface area contributed by atoms with E-state index in [0.717, 1.165) is 5.56 Å². The van der Waals surface area contributed by atoms with Gasteiger partial charge in [0.2, 0.25) is 0 Å². The van der Waals surface area contributed by atoms with Crippen LogP contribution in [0.15, 0.2) is 65.8 Å². The number of hydrogen-bond acceptors (Lipinski definition) is 9. The van der Waals surface area contributed by atoms with Crippen molar-refractivity contribution in [3.05, 3.63) is 78.3 Å². The van der Waals surface area contributed by atoms with Crippen LogP contribution in [0.3, 0.4) is 0 Å². The number of rotatable bonds is 10. The lowest BCUT2D eigenvalue weighted by Crippen LogP contribution is -2.32. The predicted molar refractivity (Wildman–Crippen MR) is 152 cm³/mol. The van der Waals surface area contributed by atoms with Gasteiger partial charge in [0.05, 0.1) is 31.3 Å². The Labute approximate surface area is 241 Å². The number of aromatic carboxylic acids is 1. The van der Waals surface area contributed by atoms with Crippen LogP contribution < -0.4 is 16.0 Å². The molecule has 3 aromatic heterocycles. The molecule has 2 amide bonds. The first-order valence-corrected chi connectivity index (χ1v) is 13.8. The van der Waals surface area contributed by atoms with Gasteiger partial charge in [-0.2, -0.15) is 0 Å². The molecular formula is C29H31N7O6. The number of carbonyl (C=O) groups is 2. The second-order valence-corrected chi connectivity index (χ2v) is 10.1. The van der Waals surface area contributed by atoms with Gasteiger partial charge in [0.25, 0.3) is 0 Å². The summed E-state index contributed by atoms with van der Waals surface area (Å²) in [5.74, 6) is -0.314. The molecule has 4 unspecified atom stereocenters. The van der Waals surface area contributed by atoms with Gasteiger partial charge < -0.3 is 34.2 Å². The highest BCUT2D eigenvalue weighted by atomic mass is 16.7. The predicted octanol–water partition coefficient (Wildman–Crippen LogP) is 3.43. The number of nitrogens with zero attached hydrogens (tertiary/aromatic N) is 4. The molecular weight excluding hydrogens is 542 g/mol. The Hall–Kier alpha value is -4.59. The van der Waals surface area contributed by atoms with Crippen molar-refractivity contribution in [2.75, 3.05) is 18.4 Å². The van der Waals surface area contributed by atoms with Crippen LogP contribution in [0.2, 0.25) is 0 Å². The Balaban J connectivity index is 1.23. The van der Waals surface area contributed by atoms with Crippen LogP contribution in [0.1, 0.15) is 41.1 Å². The minimum atomic E-state index is -1.03. The van der Waals surface area contributed by atoms with E-state index in [4.69, 9.17) is 13.9 Å². The third-order valence-electron chi connectivity index (χ3n) is 7.49. The second kappa shape index (κ2) is 12.1. The maximum atomic E-state index is 12.1. The number of ether oxygens (including phenoxy) is 2. The molecule has 6 rings (SSSR count). The highest BCUT2D eigenvalue weighted by Gasteiger charge is 2.51. The molecule has 0 bridgehead atoms. The minimum Gasteiger partial charge on any atom is -0.478 e. The molecule has 218 valence electrons. The molecule has 0 radical (unpaired) electrons. The zero-order valence-corrected chi connectivity index (χ0v) is 22.8. The van der Waals surface area contributed by atoms with E-state index in [9.17, 15) is 14.7 Å². The largest absolute Gasteiger partial charge is 0.478 e. The van der Waals surface area contributed by atoms with Gasteiger partial charge in [-0.05, 0) is 31.1 Å². The fourth-order valence-electron chi connectivity index (χ4n) is 5.62. The average molecular weight is 574 g/mol. The maximum absolute atomic E-state index is 12.1. The van der Waals surface area contributed by atoms with Gasteiger partial charge in [-0.3, -0.25) is 5.32 Å².